The van der Waals surface area contributed by atoms with E-state index in [1.807, 2.05) is 6.92 Å². The third-order valence-corrected chi connectivity index (χ3v) is 4.31. The summed E-state index contributed by atoms with van der Waals surface area (Å²) < 4.78 is 6.30. The molecule has 0 saturated heterocycles. The zero-order valence-electron chi connectivity index (χ0n) is 8.83. The summed E-state index contributed by atoms with van der Waals surface area (Å²) in [6.45, 7) is 1.97. The van der Waals surface area contributed by atoms with Gasteiger partial charge in [-0.1, -0.05) is 11.6 Å². The molecule has 5 nitrogen and oxygen atoms in total. The van der Waals surface area contributed by atoms with Crippen molar-refractivity contribution >= 4 is 22.6 Å². The molecular formula is C10H11IN4O. The van der Waals surface area contributed by atoms with E-state index >= 15 is 0 Å². The van der Waals surface area contributed by atoms with Crippen LogP contribution in [0.3, 0.4) is 0 Å². The van der Waals surface area contributed by atoms with Crippen LogP contribution < -0.4 is 0 Å². The first kappa shape index (κ1) is 10.2. The lowest BCUT2D eigenvalue weighted by Crippen LogP contribution is -2.10. The van der Waals surface area contributed by atoms with Crippen LogP contribution >= 0.6 is 22.6 Å². The highest BCUT2D eigenvalue weighted by Gasteiger charge is 2.26. The van der Waals surface area contributed by atoms with Crippen LogP contribution in [-0.2, 0) is 0 Å². The standard InChI is InChI=1S/C10H11IN4O/c1-5-7(11)8(14-13-5)10-12-9(15-16-10)6-3-2-4-6/h6H,2-4H2,1H3,(H,13,14). The molecule has 6 heteroatoms. The first-order chi connectivity index (χ1) is 7.75. The molecule has 1 saturated carbocycles. The van der Waals surface area contributed by atoms with E-state index in [2.05, 4.69) is 42.9 Å². The average molecular weight is 330 g/mol. The van der Waals surface area contributed by atoms with Crippen LogP contribution in [0.2, 0.25) is 0 Å². The topological polar surface area (TPSA) is 67.6 Å². The van der Waals surface area contributed by atoms with Gasteiger partial charge < -0.3 is 4.52 Å². The fourth-order valence-electron chi connectivity index (χ4n) is 1.72. The van der Waals surface area contributed by atoms with Gasteiger partial charge in [-0.15, -0.1) is 0 Å². The molecule has 0 atom stereocenters. The van der Waals surface area contributed by atoms with E-state index in [4.69, 9.17) is 4.52 Å². The molecule has 1 N–H and O–H groups in total. The van der Waals surface area contributed by atoms with Crippen molar-refractivity contribution < 1.29 is 4.52 Å². The highest BCUT2D eigenvalue weighted by molar-refractivity contribution is 14.1. The molecule has 16 heavy (non-hydrogen) atoms. The van der Waals surface area contributed by atoms with Gasteiger partial charge in [-0.05, 0) is 42.4 Å². The van der Waals surface area contributed by atoms with Gasteiger partial charge in [0.25, 0.3) is 5.89 Å². The van der Waals surface area contributed by atoms with E-state index < -0.39 is 0 Å². The number of aromatic nitrogens is 4. The van der Waals surface area contributed by atoms with Crippen molar-refractivity contribution in [3.63, 3.8) is 0 Å². The van der Waals surface area contributed by atoms with Crippen molar-refractivity contribution in [1.82, 2.24) is 20.3 Å². The number of hydrogen-bond acceptors (Lipinski definition) is 4. The molecule has 1 fully saturated rings. The van der Waals surface area contributed by atoms with Gasteiger partial charge in [0, 0.05) is 11.6 Å². The van der Waals surface area contributed by atoms with Gasteiger partial charge in [-0.2, -0.15) is 10.1 Å². The molecule has 1 aliphatic rings. The van der Waals surface area contributed by atoms with Gasteiger partial charge in [0.2, 0.25) is 0 Å². The Balaban J connectivity index is 1.94. The molecule has 0 aromatic carbocycles. The number of rotatable bonds is 2. The number of H-pyrrole nitrogens is 1. The Bertz CT molecular complexity index is 515. The second-order valence-electron chi connectivity index (χ2n) is 4.10. The summed E-state index contributed by atoms with van der Waals surface area (Å²) in [6.07, 6.45) is 3.62. The molecule has 2 aromatic heterocycles. The summed E-state index contributed by atoms with van der Waals surface area (Å²) >= 11 is 2.23. The van der Waals surface area contributed by atoms with E-state index in [1.165, 1.54) is 19.3 Å². The Kier molecular flexibility index (Phi) is 2.45. The molecule has 84 valence electrons. The lowest BCUT2D eigenvalue weighted by atomic mass is 9.85. The third-order valence-electron chi connectivity index (χ3n) is 2.99. The Hall–Kier alpha value is -0.920. The second-order valence-corrected chi connectivity index (χ2v) is 5.18. The highest BCUT2D eigenvalue weighted by Crippen LogP contribution is 2.35. The minimum Gasteiger partial charge on any atom is -0.332 e. The summed E-state index contributed by atoms with van der Waals surface area (Å²) in [7, 11) is 0. The first-order valence-electron chi connectivity index (χ1n) is 5.30. The van der Waals surface area contributed by atoms with Crippen LogP contribution in [0.15, 0.2) is 4.52 Å². The van der Waals surface area contributed by atoms with Crippen LogP contribution in [0.1, 0.15) is 36.7 Å². The smallest absolute Gasteiger partial charge is 0.279 e. The van der Waals surface area contributed by atoms with Gasteiger partial charge in [-0.25, -0.2) is 0 Å². The van der Waals surface area contributed by atoms with Crippen molar-refractivity contribution in [2.75, 3.05) is 0 Å². The largest absolute Gasteiger partial charge is 0.332 e. The number of nitrogens with zero attached hydrogens (tertiary/aromatic N) is 3. The van der Waals surface area contributed by atoms with Gasteiger partial charge in [-0.3, -0.25) is 5.10 Å². The lowest BCUT2D eigenvalue weighted by Gasteiger charge is -2.20. The van der Waals surface area contributed by atoms with E-state index in [0.717, 1.165) is 20.8 Å². The Morgan fingerprint density at radius 1 is 1.44 bits per heavy atom. The fourth-order valence-corrected chi connectivity index (χ4v) is 2.19. The predicted octanol–water partition coefficient (Wildman–Crippen LogP) is 2.64. The fraction of sp³-hybridized carbons (Fsp3) is 0.500. The van der Waals surface area contributed by atoms with Gasteiger partial charge in [0.1, 0.15) is 0 Å². The van der Waals surface area contributed by atoms with Crippen molar-refractivity contribution in [3.8, 4) is 11.6 Å². The zero-order valence-corrected chi connectivity index (χ0v) is 11.0. The Morgan fingerprint density at radius 2 is 2.25 bits per heavy atom. The summed E-state index contributed by atoms with van der Waals surface area (Å²) in [4.78, 5) is 4.41. The van der Waals surface area contributed by atoms with Gasteiger partial charge in [0.15, 0.2) is 11.5 Å². The second kappa shape index (κ2) is 3.83. The van der Waals surface area contributed by atoms with Crippen molar-refractivity contribution in [3.05, 3.63) is 15.1 Å². The van der Waals surface area contributed by atoms with E-state index in [9.17, 15) is 0 Å². The van der Waals surface area contributed by atoms with Crippen LogP contribution in [0.4, 0.5) is 0 Å². The van der Waals surface area contributed by atoms with Crippen LogP contribution in [-0.4, -0.2) is 20.3 Å². The number of aryl methyl sites for hydroxylation is 1. The van der Waals surface area contributed by atoms with Crippen molar-refractivity contribution in [1.29, 1.82) is 0 Å². The third kappa shape index (κ3) is 1.55. The number of nitrogens with one attached hydrogen (secondary N) is 1. The average Bonchev–Trinajstić information content (AvgIpc) is 2.74. The molecule has 0 aliphatic heterocycles. The SMILES string of the molecule is Cc1[nH]nc(-c2nc(C3CCC3)no2)c1I. The quantitative estimate of drug-likeness (QED) is 0.860. The molecule has 0 amide bonds. The maximum absolute atomic E-state index is 5.25. The molecule has 0 radical (unpaired) electrons. The zero-order chi connectivity index (χ0) is 11.1. The predicted molar refractivity (Wildman–Crippen MR) is 65.9 cm³/mol. The van der Waals surface area contributed by atoms with E-state index in [1.54, 1.807) is 0 Å². The van der Waals surface area contributed by atoms with Crippen LogP contribution in [0, 0.1) is 10.5 Å². The monoisotopic (exact) mass is 330 g/mol. The molecule has 1 aliphatic carbocycles. The summed E-state index contributed by atoms with van der Waals surface area (Å²) in [6, 6.07) is 0. The molecule has 0 bridgehead atoms. The van der Waals surface area contributed by atoms with Crippen LogP contribution in [0.25, 0.3) is 11.6 Å². The molecule has 2 aromatic rings. The minimum atomic E-state index is 0.496. The molecule has 3 rings (SSSR count). The number of aromatic amines is 1. The molecular weight excluding hydrogens is 319 g/mol. The van der Waals surface area contributed by atoms with E-state index in [-0.39, 0.29) is 0 Å². The Labute approximate surface area is 106 Å². The van der Waals surface area contributed by atoms with Crippen molar-refractivity contribution in [2.24, 2.45) is 0 Å². The first-order valence-corrected chi connectivity index (χ1v) is 6.38. The number of hydrogen-bond donors (Lipinski definition) is 1. The lowest BCUT2D eigenvalue weighted by molar-refractivity contribution is 0.366. The van der Waals surface area contributed by atoms with E-state index in [0.29, 0.717) is 11.8 Å². The summed E-state index contributed by atoms with van der Waals surface area (Å²) in [5, 5.41) is 11.1. The highest BCUT2D eigenvalue weighted by atomic mass is 127. The van der Waals surface area contributed by atoms with Crippen molar-refractivity contribution in [2.45, 2.75) is 32.1 Å². The molecule has 0 spiro atoms. The van der Waals surface area contributed by atoms with Crippen LogP contribution in [0.5, 0.6) is 0 Å². The minimum absolute atomic E-state index is 0.496. The molecule has 2 heterocycles. The number of halogens is 1. The summed E-state index contributed by atoms with van der Waals surface area (Å²) in [5.41, 5.74) is 1.79. The van der Waals surface area contributed by atoms with Gasteiger partial charge in [0.05, 0.1) is 3.57 Å². The Morgan fingerprint density at radius 3 is 2.81 bits per heavy atom. The summed E-state index contributed by atoms with van der Waals surface area (Å²) in [5.74, 6) is 1.85. The maximum atomic E-state index is 5.25. The van der Waals surface area contributed by atoms with Gasteiger partial charge >= 0.3 is 0 Å². The maximum Gasteiger partial charge on any atom is 0.279 e. The normalized spacial score (nSPS) is 16.4. The molecule has 0 unspecified atom stereocenters.